The van der Waals surface area contributed by atoms with Crippen LogP contribution in [0.4, 0.5) is 11.5 Å². The minimum absolute atomic E-state index is 0.0887. The van der Waals surface area contributed by atoms with Gasteiger partial charge in [0.15, 0.2) is 5.78 Å². The number of hydrogen-bond donors (Lipinski definition) is 0. The second-order valence-electron chi connectivity index (χ2n) is 7.92. The van der Waals surface area contributed by atoms with Gasteiger partial charge in [0, 0.05) is 69.8 Å². The lowest BCUT2D eigenvalue weighted by molar-refractivity contribution is -0.132. The molecule has 0 radical (unpaired) electrons. The molecule has 2 aliphatic rings. The highest BCUT2D eigenvalue weighted by molar-refractivity contribution is 5.94. The van der Waals surface area contributed by atoms with E-state index in [2.05, 4.69) is 19.7 Å². The number of anilines is 2. The summed E-state index contributed by atoms with van der Waals surface area (Å²) in [5.74, 6) is 1.29. The minimum atomic E-state index is 0.0887. The van der Waals surface area contributed by atoms with E-state index >= 15 is 0 Å². The zero-order valence-corrected chi connectivity index (χ0v) is 17.5. The van der Waals surface area contributed by atoms with E-state index in [-0.39, 0.29) is 11.7 Å². The third-order valence-electron chi connectivity index (χ3n) is 5.98. The topological polar surface area (TPSA) is 60.0 Å². The number of carbonyl (C=O) groups is 2. The first-order valence-corrected chi connectivity index (χ1v) is 10.6. The molecule has 2 aliphatic heterocycles. The van der Waals surface area contributed by atoms with Gasteiger partial charge in [-0.15, -0.1) is 0 Å². The van der Waals surface area contributed by atoms with Crippen molar-refractivity contribution in [3.63, 3.8) is 0 Å². The standard InChI is InChI=1S/C23H29N5O2/c1-19(29)20-5-7-21(8-6-20)26-12-10-25(11-13-26)18-23(30)28-16-14-27(15-17-28)22-4-2-3-9-24-22/h2-9H,10-18H2,1H3. The molecule has 0 spiro atoms. The summed E-state index contributed by atoms with van der Waals surface area (Å²) in [7, 11) is 0. The number of amides is 1. The SMILES string of the molecule is CC(=O)c1ccc(N2CCN(CC(=O)N3CCN(c4ccccn4)CC3)CC2)cc1. The normalized spacial score (nSPS) is 17.8. The number of piperazine rings is 2. The Kier molecular flexibility index (Phi) is 6.28. The van der Waals surface area contributed by atoms with Gasteiger partial charge in [-0.1, -0.05) is 6.07 Å². The van der Waals surface area contributed by atoms with Crippen LogP contribution < -0.4 is 9.80 Å². The van der Waals surface area contributed by atoms with Crippen molar-refractivity contribution in [3.8, 4) is 0 Å². The third-order valence-corrected chi connectivity index (χ3v) is 5.98. The number of hydrogen-bond acceptors (Lipinski definition) is 6. The van der Waals surface area contributed by atoms with Crippen LogP contribution in [0.3, 0.4) is 0 Å². The zero-order chi connectivity index (χ0) is 20.9. The van der Waals surface area contributed by atoms with Crippen LogP contribution in [0, 0.1) is 0 Å². The Morgan fingerprint density at radius 3 is 2.10 bits per heavy atom. The Labute approximate surface area is 177 Å². The van der Waals surface area contributed by atoms with Gasteiger partial charge in [0.2, 0.25) is 5.91 Å². The summed E-state index contributed by atoms with van der Waals surface area (Å²) < 4.78 is 0. The van der Waals surface area contributed by atoms with Gasteiger partial charge in [0.25, 0.3) is 0 Å². The van der Waals surface area contributed by atoms with Gasteiger partial charge in [-0.2, -0.15) is 0 Å². The lowest BCUT2D eigenvalue weighted by Crippen LogP contribution is -2.54. The van der Waals surface area contributed by atoms with E-state index in [1.165, 1.54) is 0 Å². The smallest absolute Gasteiger partial charge is 0.236 e. The average molecular weight is 408 g/mol. The lowest BCUT2D eigenvalue weighted by atomic mass is 10.1. The number of Topliss-reactive ketones (excluding diaryl/α,β-unsaturated/α-hetero) is 1. The summed E-state index contributed by atoms with van der Waals surface area (Å²) >= 11 is 0. The van der Waals surface area contributed by atoms with Gasteiger partial charge >= 0.3 is 0 Å². The molecule has 2 fully saturated rings. The summed E-state index contributed by atoms with van der Waals surface area (Å²) in [6, 6.07) is 13.7. The Morgan fingerprint density at radius 1 is 0.833 bits per heavy atom. The van der Waals surface area contributed by atoms with Crippen molar-refractivity contribution in [2.24, 2.45) is 0 Å². The van der Waals surface area contributed by atoms with Crippen LogP contribution in [0.25, 0.3) is 0 Å². The molecule has 0 aliphatic carbocycles. The quantitative estimate of drug-likeness (QED) is 0.704. The summed E-state index contributed by atoms with van der Waals surface area (Å²) in [5.41, 5.74) is 1.88. The van der Waals surface area contributed by atoms with E-state index < -0.39 is 0 Å². The van der Waals surface area contributed by atoms with E-state index in [9.17, 15) is 9.59 Å². The average Bonchev–Trinajstić information content (AvgIpc) is 2.80. The summed E-state index contributed by atoms with van der Waals surface area (Å²) in [6.07, 6.45) is 1.81. The number of carbonyl (C=O) groups excluding carboxylic acids is 2. The maximum Gasteiger partial charge on any atom is 0.236 e. The Morgan fingerprint density at radius 2 is 1.50 bits per heavy atom. The predicted molar refractivity (Wildman–Crippen MR) is 118 cm³/mol. The van der Waals surface area contributed by atoms with Gasteiger partial charge in [-0.25, -0.2) is 4.98 Å². The zero-order valence-electron chi connectivity index (χ0n) is 17.5. The van der Waals surface area contributed by atoms with Crippen molar-refractivity contribution >= 4 is 23.2 Å². The Hall–Kier alpha value is -2.93. The highest BCUT2D eigenvalue weighted by Gasteiger charge is 2.25. The van der Waals surface area contributed by atoms with Gasteiger partial charge in [-0.05, 0) is 43.3 Å². The number of pyridine rings is 1. The van der Waals surface area contributed by atoms with E-state index in [1.54, 1.807) is 6.92 Å². The molecular formula is C23H29N5O2. The first-order chi connectivity index (χ1) is 14.6. The van der Waals surface area contributed by atoms with Gasteiger partial charge in [0.05, 0.1) is 6.54 Å². The molecule has 0 saturated carbocycles. The summed E-state index contributed by atoms with van der Waals surface area (Å²) in [4.78, 5) is 37.4. The Balaban J connectivity index is 1.22. The number of ketones is 1. The van der Waals surface area contributed by atoms with Crippen molar-refractivity contribution in [3.05, 3.63) is 54.2 Å². The first kappa shape index (κ1) is 20.3. The molecule has 1 aromatic carbocycles. The molecule has 30 heavy (non-hydrogen) atoms. The third kappa shape index (κ3) is 4.79. The molecule has 7 nitrogen and oxygen atoms in total. The van der Waals surface area contributed by atoms with Gasteiger partial charge in [0.1, 0.15) is 5.82 Å². The van der Waals surface area contributed by atoms with Crippen LogP contribution in [0.15, 0.2) is 48.7 Å². The van der Waals surface area contributed by atoms with Crippen LogP contribution in [0.2, 0.25) is 0 Å². The second-order valence-corrected chi connectivity index (χ2v) is 7.92. The van der Waals surface area contributed by atoms with Crippen LogP contribution in [-0.2, 0) is 4.79 Å². The maximum atomic E-state index is 12.8. The number of rotatable bonds is 5. The fourth-order valence-corrected chi connectivity index (χ4v) is 4.09. The van der Waals surface area contributed by atoms with E-state index in [4.69, 9.17) is 0 Å². The van der Waals surface area contributed by atoms with Crippen molar-refractivity contribution in [1.29, 1.82) is 0 Å². The molecule has 1 amide bonds. The number of benzene rings is 1. The summed E-state index contributed by atoms with van der Waals surface area (Å²) in [6.45, 7) is 8.74. The second kappa shape index (κ2) is 9.26. The van der Waals surface area contributed by atoms with E-state index in [0.29, 0.717) is 6.54 Å². The number of aromatic nitrogens is 1. The van der Waals surface area contributed by atoms with Crippen molar-refractivity contribution in [2.45, 2.75) is 6.92 Å². The molecule has 2 aromatic rings. The molecule has 0 atom stereocenters. The summed E-state index contributed by atoms with van der Waals surface area (Å²) in [5, 5.41) is 0. The molecular weight excluding hydrogens is 378 g/mol. The molecule has 3 heterocycles. The van der Waals surface area contributed by atoms with Crippen LogP contribution >= 0.6 is 0 Å². The molecule has 158 valence electrons. The van der Waals surface area contributed by atoms with Crippen LogP contribution in [0.5, 0.6) is 0 Å². The molecule has 1 aromatic heterocycles. The molecule has 7 heteroatoms. The fraction of sp³-hybridized carbons (Fsp3) is 0.435. The van der Waals surface area contributed by atoms with Gasteiger partial charge in [-0.3, -0.25) is 14.5 Å². The van der Waals surface area contributed by atoms with Crippen LogP contribution in [0.1, 0.15) is 17.3 Å². The predicted octanol–water partition coefficient (Wildman–Crippen LogP) is 1.75. The Bertz CT molecular complexity index is 855. The maximum absolute atomic E-state index is 12.8. The molecule has 0 unspecified atom stereocenters. The van der Waals surface area contributed by atoms with Crippen LogP contribution in [-0.4, -0.2) is 85.4 Å². The monoisotopic (exact) mass is 407 g/mol. The van der Waals surface area contributed by atoms with E-state index in [1.807, 2.05) is 53.6 Å². The molecule has 4 rings (SSSR count). The lowest BCUT2D eigenvalue weighted by Gasteiger charge is -2.38. The number of nitrogens with zero attached hydrogens (tertiary/aromatic N) is 5. The van der Waals surface area contributed by atoms with Gasteiger partial charge < -0.3 is 14.7 Å². The molecule has 0 N–H and O–H groups in total. The van der Waals surface area contributed by atoms with Crippen molar-refractivity contribution in [2.75, 3.05) is 68.7 Å². The van der Waals surface area contributed by atoms with E-state index in [0.717, 1.165) is 69.4 Å². The fourth-order valence-electron chi connectivity index (χ4n) is 4.09. The van der Waals surface area contributed by atoms with Crippen molar-refractivity contribution in [1.82, 2.24) is 14.8 Å². The highest BCUT2D eigenvalue weighted by Crippen LogP contribution is 2.18. The minimum Gasteiger partial charge on any atom is -0.369 e. The van der Waals surface area contributed by atoms with Crippen molar-refractivity contribution < 1.29 is 9.59 Å². The highest BCUT2D eigenvalue weighted by atomic mass is 16.2. The first-order valence-electron chi connectivity index (χ1n) is 10.6. The molecule has 2 saturated heterocycles. The largest absolute Gasteiger partial charge is 0.369 e. The molecule has 0 bridgehead atoms.